The Kier molecular flexibility index (Phi) is 1.18. The largest absolute Gasteiger partial charge is 0.0616 e. The van der Waals surface area contributed by atoms with Gasteiger partial charge in [0.05, 0.1) is 0 Å². The van der Waals surface area contributed by atoms with Gasteiger partial charge < -0.3 is 0 Å². The first-order valence-corrected chi connectivity index (χ1v) is 4.42. The van der Waals surface area contributed by atoms with Gasteiger partial charge >= 0.3 is 0 Å². The van der Waals surface area contributed by atoms with Gasteiger partial charge in [0.15, 0.2) is 0 Å². The highest BCUT2D eigenvalue weighted by atomic mass is 14.2. The van der Waals surface area contributed by atoms with Gasteiger partial charge in [0.1, 0.15) is 0 Å². The van der Waals surface area contributed by atoms with Crippen LogP contribution in [0.1, 0.15) is 5.56 Å². The minimum atomic E-state index is 1.14. The van der Waals surface area contributed by atoms with Crippen LogP contribution in [-0.4, -0.2) is 0 Å². The van der Waals surface area contributed by atoms with Crippen LogP contribution >= 0.6 is 0 Å². The van der Waals surface area contributed by atoms with Crippen molar-refractivity contribution in [1.29, 1.82) is 0 Å². The van der Waals surface area contributed by atoms with Crippen LogP contribution in [0.25, 0.3) is 22.3 Å². The molecule has 1 aliphatic carbocycles. The molecule has 0 heteroatoms. The quantitative estimate of drug-likeness (QED) is 0.478. The summed E-state index contributed by atoms with van der Waals surface area (Å²) in [4.78, 5) is 0. The van der Waals surface area contributed by atoms with Crippen molar-refractivity contribution in [3.63, 3.8) is 0 Å². The summed E-state index contributed by atoms with van der Waals surface area (Å²) in [6.07, 6.45) is 0. The van der Waals surface area contributed by atoms with Crippen molar-refractivity contribution in [2.24, 2.45) is 0 Å². The summed E-state index contributed by atoms with van der Waals surface area (Å²) in [5.74, 6) is 0. The summed E-state index contributed by atoms with van der Waals surface area (Å²) < 4.78 is 0. The Morgan fingerprint density at radius 1 is 0.692 bits per heavy atom. The van der Waals surface area contributed by atoms with Crippen LogP contribution in [0.5, 0.6) is 0 Å². The second kappa shape index (κ2) is 2.23. The molecule has 0 saturated heterocycles. The molecule has 0 amide bonds. The zero-order valence-corrected chi connectivity index (χ0v) is 7.25. The first-order valence-electron chi connectivity index (χ1n) is 4.42. The highest BCUT2D eigenvalue weighted by Crippen LogP contribution is 2.48. The van der Waals surface area contributed by atoms with Crippen molar-refractivity contribution >= 4 is 0 Å². The van der Waals surface area contributed by atoms with Gasteiger partial charge in [0, 0.05) is 0 Å². The average Bonchev–Trinajstić information content (AvgIpc) is 2.14. The first-order chi connectivity index (χ1) is 6.38. The Balaban J connectivity index is 2.35. The topological polar surface area (TPSA) is 0 Å². The maximum absolute atomic E-state index is 4.03. The fraction of sp³-hybridized carbons (Fsp3) is 0. The normalized spacial score (nSPS) is 11.5. The Morgan fingerprint density at radius 2 is 1.38 bits per heavy atom. The fourth-order valence-electron chi connectivity index (χ4n) is 2.02. The van der Waals surface area contributed by atoms with Crippen LogP contribution in [0.3, 0.4) is 0 Å². The van der Waals surface area contributed by atoms with Gasteiger partial charge in [-0.05, 0) is 34.7 Å². The molecule has 0 N–H and O–H groups in total. The molecule has 0 unspecified atom stereocenters. The summed E-state index contributed by atoms with van der Waals surface area (Å²) in [6, 6.07) is 14.8. The minimum absolute atomic E-state index is 1.14. The average molecular weight is 165 g/mol. The molecule has 0 saturated carbocycles. The molecular formula is C13H9. The van der Waals surface area contributed by atoms with Crippen molar-refractivity contribution in [1.82, 2.24) is 0 Å². The molecule has 1 radical (unpaired) electrons. The van der Waals surface area contributed by atoms with Gasteiger partial charge in [0.25, 0.3) is 0 Å². The summed E-state index contributed by atoms with van der Waals surface area (Å²) in [5.41, 5.74) is 6.53. The number of hydrogen-bond donors (Lipinski definition) is 0. The highest BCUT2D eigenvalue weighted by molar-refractivity contribution is 6.03. The molecule has 0 aromatic heterocycles. The standard InChI is InChI=1S/C13H9/c1-9-5-4-8-12-10-6-2-3-7-11(10)13(9)12/h2-8H,1H2. The van der Waals surface area contributed by atoms with E-state index in [0.717, 1.165) is 5.56 Å². The SMILES string of the molecule is [CH2]c1cccc2c1-c1ccccc1-2. The van der Waals surface area contributed by atoms with Crippen molar-refractivity contribution in [3.05, 3.63) is 55.0 Å². The number of hydrogen-bond acceptors (Lipinski definition) is 0. The smallest absolute Gasteiger partial charge is 0.00667 e. The van der Waals surface area contributed by atoms with Gasteiger partial charge in [-0.2, -0.15) is 0 Å². The summed E-state index contributed by atoms with van der Waals surface area (Å²) in [6.45, 7) is 4.03. The second-order valence-electron chi connectivity index (χ2n) is 3.39. The Morgan fingerprint density at radius 3 is 2.23 bits per heavy atom. The molecule has 0 atom stereocenters. The maximum Gasteiger partial charge on any atom is -0.00667 e. The van der Waals surface area contributed by atoms with E-state index in [1.165, 1.54) is 22.3 Å². The lowest BCUT2D eigenvalue weighted by Crippen LogP contribution is -1.99. The zero-order chi connectivity index (χ0) is 8.84. The molecule has 0 spiro atoms. The van der Waals surface area contributed by atoms with E-state index >= 15 is 0 Å². The van der Waals surface area contributed by atoms with Gasteiger partial charge in [-0.1, -0.05) is 42.5 Å². The van der Waals surface area contributed by atoms with Crippen LogP contribution in [0, 0.1) is 6.92 Å². The van der Waals surface area contributed by atoms with Gasteiger partial charge in [-0.25, -0.2) is 0 Å². The summed E-state index contributed by atoms with van der Waals surface area (Å²) >= 11 is 0. The fourth-order valence-corrected chi connectivity index (χ4v) is 2.02. The lowest BCUT2D eigenvalue weighted by molar-refractivity contribution is 1.48. The molecule has 2 aromatic rings. The first kappa shape index (κ1) is 6.90. The van der Waals surface area contributed by atoms with Gasteiger partial charge in [0.2, 0.25) is 0 Å². The molecule has 0 aliphatic heterocycles. The van der Waals surface area contributed by atoms with Gasteiger partial charge in [-0.15, -0.1) is 0 Å². The van der Waals surface area contributed by atoms with Crippen LogP contribution in [0.2, 0.25) is 0 Å². The molecule has 0 fully saturated rings. The molecule has 3 rings (SSSR count). The zero-order valence-electron chi connectivity index (χ0n) is 7.25. The molecule has 0 heterocycles. The van der Waals surface area contributed by atoms with E-state index in [1.807, 2.05) is 0 Å². The minimum Gasteiger partial charge on any atom is -0.0616 e. The van der Waals surface area contributed by atoms with Crippen LogP contribution in [-0.2, 0) is 0 Å². The van der Waals surface area contributed by atoms with Crippen LogP contribution in [0.15, 0.2) is 42.5 Å². The van der Waals surface area contributed by atoms with Crippen LogP contribution < -0.4 is 0 Å². The molecule has 0 nitrogen and oxygen atoms in total. The lowest BCUT2D eigenvalue weighted by atomic mass is 9.78. The molecule has 2 aromatic carbocycles. The summed E-state index contributed by atoms with van der Waals surface area (Å²) in [7, 11) is 0. The Bertz CT molecular complexity index is 481. The van der Waals surface area contributed by atoms with Crippen molar-refractivity contribution in [2.45, 2.75) is 0 Å². The van der Waals surface area contributed by atoms with Crippen molar-refractivity contribution in [3.8, 4) is 22.3 Å². The van der Waals surface area contributed by atoms with E-state index in [1.54, 1.807) is 0 Å². The van der Waals surface area contributed by atoms with Gasteiger partial charge in [-0.3, -0.25) is 0 Å². The van der Waals surface area contributed by atoms with Crippen LogP contribution in [0.4, 0.5) is 0 Å². The lowest BCUT2D eigenvalue weighted by Gasteiger charge is -2.25. The number of benzene rings is 2. The van der Waals surface area contributed by atoms with E-state index in [0.29, 0.717) is 0 Å². The second-order valence-corrected chi connectivity index (χ2v) is 3.39. The third-order valence-electron chi connectivity index (χ3n) is 2.64. The summed E-state index contributed by atoms with van der Waals surface area (Å²) in [5, 5.41) is 0. The predicted molar refractivity (Wildman–Crippen MR) is 55.3 cm³/mol. The molecule has 1 aliphatic rings. The molecule has 0 bridgehead atoms. The van der Waals surface area contributed by atoms with Crippen molar-refractivity contribution < 1.29 is 0 Å². The Hall–Kier alpha value is -1.56. The van der Waals surface area contributed by atoms with Crippen molar-refractivity contribution in [2.75, 3.05) is 0 Å². The third-order valence-corrected chi connectivity index (χ3v) is 2.64. The highest BCUT2D eigenvalue weighted by Gasteiger charge is 2.22. The maximum atomic E-state index is 4.03. The van der Waals surface area contributed by atoms with E-state index in [-0.39, 0.29) is 0 Å². The predicted octanol–water partition coefficient (Wildman–Crippen LogP) is 3.52. The third kappa shape index (κ3) is 0.752. The molecule has 61 valence electrons. The molecule has 13 heavy (non-hydrogen) atoms. The Labute approximate surface area is 77.8 Å². The number of fused-ring (bicyclic) bond motifs is 4. The molecular weight excluding hydrogens is 156 g/mol. The monoisotopic (exact) mass is 165 g/mol. The van der Waals surface area contributed by atoms with E-state index in [2.05, 4.69) is 49.4 Å². The van der Waals surface area contributed by atoms with E-state index < -0.39 is 0 Å². The van der Waals surface area contributed by atoms with E-state index in [9.17, 15) is 0 Å². The number of rotatable bonds is 0. The van der Waals surface area contributed by atoms with E-state index in [4.69, 9.17) is 0 Å².